The van der Waals surface area contributed by atoms with E-state index in [1.54, 1.807) is 36.4 Å². The second kappa shape index (κ2) is 9.51. The summed E-state index contributed by atoms with van der Waals surface area (Å²) in [6.07, 6.45) is 1.78. The molecule has 30 heavy (non-hydrogen) atoms. The summed E-state index contributed by atoms with van der Waals surface area (Å²) in [4.78, 5) is 12.4. The molecule has 0 spiro atoms. The summed E-state index contributed by atoms with van der Waals surface area (Å²) in [5.41, 5.74) is 1.28. The van der Waals surface area contributed by atoms with Crippen molar-refractivity contribution < 1.29 is 22.4 Å². The second-order valence-electron chi connectivity index (χ2n) is 6.48. The van der Waals surface area contributed by atoms with Crippen LogP contribution in [0.2, 0.25) is 0 Å². The van der Waals surface area contributed by atoms with Crippen molar-refractivity contribution in [2.24, 2.45) is 0 Å². The number of rotatable bonds is 9. The zero-order chi connectivity index (χ0) is 21.6. The highest BCUT2D eigenvalue weighted by atomic mass is 32.2. The summed E-state index contributed by atoms with van der Waals surface area (Å²) in [5.74, 6) is 0.723. The third-order valence-electron chi connectivity index (χ3n) is 4.40. The molecule has 1 aromatic heterocycles. The number of carbonyl (C=O) groups is 1. The van der Waals surface area contributed by atoms with Gasteiger partial charge in [-0.3, -0.25) is 4.79 Å². The molecule has 3 rings (SSSR count). The van der Waals surface area contributed by atoms with Crippen molar-refractivity contribution in [1.29, 1.82) is 0 Å². The van der Waals surface area contributed by atoms with Gasteiger partial charge in [0.2, 0.25) is 28.2 Å². The van der Waals surface area contributed by atoms with Crippen LogP contribution >= 0.6 is 0 Å². The Bertz CT molecular complexity index is 1080. The van der Waals surface area contributed by atoms with E-state index >= 15 is 0 Å². The molecule has 0 radical (unpaired) electrons. The number of aromatic nitrogens is 2. The first kappa shape index (κ1) is 21.5. The lowest BCUT2D eigenvalue weighted by molar-refractivity contribution is -0.116. The summed E-state index contributed by atoms with van der Waals surface area (Å²) in [7, 11) is -0.621. The highest BCUT2D eigenvalue weighted by Crippen LogP contribution is 2.21. The maximum atomic E-state index is 12.6. The number of ether oxygens (including phenoxy) is 1. The van der Waals surface area contributed by atoms with Crippen LogP contribution in [-0.2, 0) is 14.8 Å². The first-order chi connectivity index (χ1) is 14.4. The molecule has 0 bridgehead atoms. The van der Waals surface area contributed by atoms with Crippen LogP contribution < -0.4 is 10.1 Å². The first-order valence-electron chi connectivity index (χ1n) is 9.17. The molecule has 1 amide bonds. The number of sulfonamides is 1. The summed E-state index contributed by atoms with van der Waals surface area (Å²) < 4.78 is 36.7. The van der Waals surface area contributed by atoms with Crippen LogP contribution in [0, 0.1) is 0 Å². The van der Waals surface area contributed by atoms with Crippen LogP contribution in [0.4, 0.5) is 5.69 Å². The number of nitrogens with zero attached hydrogens (tertiary/aromatic N) is 3. The van der Waals surface area contributed by atoms with Crippen molar-refractivity contribution in [2.75, 3.05) is 26.0 Å². The monoisotopic (exact) mass is 430 g/mol. The van der Waals surface area contributed by atoms with Crippen molar-refractivity contribution >= 4 is 21.6 Å². The Morgan fingerprint density at radius 3 is 2.63 bits per heavy atom. The zero-order valence-corrected chi connectivity index (χ0v) is 17.4. The topological polar surface area (TPSA) is 115 Å². The predicted molar refractivity (Wildman–Crippen MR) is 110 cm³/mol. The molecule has 0 fully saturated rings. The minimum atomic E-state index is -3.63. The van der Waals surface area contributed by atoms with E-state index in [0.29, 0.717) is 29.3 Å². The van der Waals surface area contributed by atoms with Gasteiger partial charge in [-0.2, -0.15) is 0 Å². The molecule has 1 heterocycles. The van der Waals surface area contributed by atoms with Crippen molar-refractivity contribution in [3.8, 4) is 17.2 Å². The van der Waals surface area contributed by atoms with E-state index in [-0.39, 0.29) is 23.8 Å². The molecule has 0 saturated carbocycles. The lowest BCUT2D eigenvalue weighted by Gasteiger charge is -2.17. The van der Waals surface area contributed by atoms with E-state index in [1.807, 2.05) is 0 Å². The van der Waals surface area contributed by atoms with Crippen LogP contribution in [-0.4, -0.2) is 49.5 Å². The molecule has 10 heteroatoms. The van der Waals surface area contributed by atoms with Crippen molar-refractivity contribution in [3.63, 3.8) is 0 Å². The number of anilines is 1. The standard InChI is InChI=1S/C20H22N4O5S/c1-24(30(26,27)18-10-8-17(28-2)9-11-18)12-4-7-19(25)22-16-6-3-5-15(13-16)20-23-21-14-29-20/h3,5-6,8-11,13-14H,4,7,12H2,1-2H3,(H,22,25). The summed E-state index contributed by atoms with van der Waals surface area (Å²) in [6, 6.07) is 13.2. The van der Waals surface area contributed by atoms with Gasteiger partial charge in [0, 0.05) is 31.3 Å². The average molecular weight is 430 g/mol. The molecule has 0 aliphatic heterocycles. The Labute approximate surface area is 174 Å². The Hall–Kier alpha value is -3.24. The maximum absolute atomic E-state index is 12.6. The molecule has 0 saturated heterocycles. The lowest BCUT2D eigenvalue weighted by Crippen LogP contribution is -2.28. The van der Waals surface area contributed by atoms with Crippen molar-refractivity contribution in [3.05, 3.63) is 54.9 Å². The Morgan fingerprint density at radius 2 is 1.97 bits per heavy atom. The molecule has 0 aliphatic carbocycles. The van der Waals surface area contributed by atoms with Gasteiger partial charge in [0.05, 0.1) is 12.0 Å². The lowest BCUT2D eigenvalue weighted by atomic mass is 10.2. The van der Waals surface area contributed by atoms with Gasteiger partial charge >= 0.3 is 0 Å². The summed E-state index contributed by atoms with van der Waals surface area (Å²) in [6.45, 7) is 0.212. The second-order valence-corrected chi connectivity index (χ2v) is 8.52. The normalized spacial score (nSPS) is 11.4. The molecule has 3 aromatic rings. The third-order valence-corrected chi connectivity index (χ3v) is 6.27. The largest absolute Gasteiger partial charge is 0.497 e. The zero-order valence-electron chi connectivity index (χ0n) is 16.6. The predicted octanol–water partition coefficient (Wildman–Crippen LogP) is 2.78. The number of benzene rings is 2. The SMILES string of the molecule is COc1ccc(S(=O)(=O)N(C)CCCC(=O)Nc2cccc(-c3nnco3)c2)cc1. The minimum absolute atomic E-state index is 0.174. The molecular weight excluding hydrogens is 408 g/mol. The van der Waals surface area contributed by atoms with Gasteiger partial charge in [0.25, 0.3) is 0 Å². The van der Waals surface area contributed by atoms with Crippen LogP contribution in [0.5, 0.6) is 5.75 Å². The van der Waals surface area contributed by atoms with Crippen LogP contribution in [0.15, 0.2) is 64.2 Å². The van der Waals surface area contributed by atoms with Gasteiger partial charge in [-0.1, -0.05) is 6.07 Å². The number of hydrogen-bond acceptors (Lipinski definition) is 7. The molecule has 0 atom stereocenters. The summed E-state index contributed by atoms with van der Waals surface area (Å²) >= 11 is 0. The molecule has 0 unspecified atom stereocenters. The van der Waals surface area contributed by atoms with E-state index in [0.717, 1.165) is 0 Å². The minimum Gasteiger partial charge on any atom is -0.497 e. The third kappa shape index (κ3) is 5.22. The molecule has 1 N–H and O–H groups in total. The van der Waals surface area contributed by atoms with Gasteiger partial charge in [-0.15, -0.1) is 10.2 Å². The van der Waals surface area contributed by atoms with Gasteiger partial charge in [0.15, 0.2) is 0 Å². The van der Waals surface area contributed by atoms with Gasteiger partial charge < -0.3 is 14.5 Å². The fraction of sp³-hybridized carbons (Fsp3) is 0.250. The molecule has 0 aliphatic rings. The molecule has 9 nitrogen and oxygen atoms in total. The van der Waals surface area contributed by atoms with Crippen LogP contribution in [0.3, 0.4) is 0 Å². The van der Waals surface area contributed by atoms with Crippen molar-refractivity contribution in [2.45, 2.75) is 17.7 Å². The van der Waals surface area contributed by atoms with E-state index in [9.17, 15) is 13.2 Å². The molecular formula is C20H22N4O5S. The van der Waals surface area contributed by atoms with Gasteiger partial charge in [0.1, 0.15) is 5.75 Å². The van der Waals surface area contributed by atoms with E-state index in [2.05, 4.69) is 15.5 Å². The average Bonchev–Trinajstić information content (AvgIpc) is 3.29. The highest BCUT2D eigenvalue weighted by Gasteiger charge is 2.20. The highest BCUT2D eigenvalue weighted by molar-refractivity contribution is 7.89. The fourth-order valence-corrected chi connectivity index (χ4v) is 3.97. The van der Waals surface area contributed by atoms with Crippen LogP contribution in [0.25, 0.3) is 11.5 Å². The van der Waals surface area contributed by atoms with E-state index in [1.165, 1.54) is 37.0 Å². The van der Waals surface area contributed by atoms with Crippen LogP contribution in [0.1, 0.15) is 12.8 Å². The van der Waals surface area contributed by atoms with Gasteiger partial charge in [-0.05, 0) is 48.9 Å². The van der Waals surface area contributed by atoms with E-state index in [4.69, 9.17) is 9.15 Å². The first-order valence-corrected chi connectivity index (χ1v) is 10.6. The smallest absolute Gasteiger partial charge is 0.247 e. The molecule has 158 valence electrons. The Balaban J connectivity index is 1.52. The maximum Gasteiger partial charge on any atom is 0.247 e. The summed E-state index contributed by atoms with van der Waals surface area (Å²) in [5, 5.41) is 10.3. The number of hydrogen-bond donors (Lipinski definition) is 1. The number of carbonyl (C=O) groups excluding carboxylic acids is 1. The quantitative estimate of drug-likeness (QED) is 0.555. The van der Waals surface area contributed by atoms with Gasteiger partial charge in [-0.25, -0.2) is 12.7 Å². The Kier molecular flexibility index (Phi) is 6.80. The van der Waals surface area contributed by atoms with E-state index < -0.39 is 10.0 Å². The fourth-order valence-electron chi connectivity index (χ4n) is 2.76. The number of methoxy groups -OCH3 is 1. The van der Waals surface area contributed by atoms with Crippen molar-refractivity contribution in [1.82, 2.24) is 14.5 Å². The number of amides is 1. The Morgan fingerprint density at radius 1 is 1.20 bits per heavy atom. The number of nitrogens with one attached hydrogen (secondary N) is 1. The molecule has 2 aromatic carbocycles.